The molecule has 100 valence electrons. The molecule has 0 fully saturated rings. The molecule has 1 heterocycles. The maximum Gasteiger partial charge on any atom is 0.412 e. The van der Waals surface area contributed by atoms with Crippen molar-refractivity contribution in [2.45, 2.75) is 13.3 Å². The summed E-state index contributed by atoms with van der Waals surface area (Å²) in [6.45, 7) is 3.51. The van der Waals surface area contributed by atoms with E-state index >= 15 is 0 Å². The van der Waals surface area contributed by atoms with Crippen LogP contribution in [-0.4, -0.2) is 43.2 Å². The van der Waals surface area contributed by atoms with Gasteiger partial charge in [0.15, 0.2) is 5.82 Å². The predicted molar refractivity (Wildman–Crippen MR) is 67.7 cm³/mol. The van der Waals surface area contributed by atoms with Crippen LogP contribution in [0.3, 0.4) is 0 Å². The number of aromatic nitrogens is 2. The van der Waals surface area contributed by atoms with Crippen LogP contribution in [0.5, 0.6) is 0 Å². The molecule has 0 radical (unpaired) electrons. The number of rotatable bonds is 7. The van der Waals surface area contributed by atoms with Gasteiger partial charge in [-0.25, -0.2) is 4.79 Å². The number of nitrogens with one attached hydrogen (secondary N) is 2. The van der Waals surface area contributed by atoms with Crippen LogP contribution in [-0.2, 0) is 9.47 Å². The molecule has 1 amide bonds. The van der Waals surface area contributed by atoms with E-state index in [1.807, 2.05) is 0 Å². The monoisotopic (exact) mass is 254 g/mol. The molecular weight excluding hydrogens is 236 g/mol. The van der Waals surface area contributed by atoms with Gasteiger partial charge in [-0.3, -0.25) is 5.32 Å². The van der Waals surface area contributed by atoms with Crippen molar-refractivity contribution in [2.75, 3.05) is 37.5 Å². The number of nitrogens with zero attached hydrogens (tertiary/aromatic N) is 2. The Morgan fingerprint density at radius 3 is 2.67 bits per heavy atom. The zero-order valence-electron chi connectivity index (χ0n) is 10.6. The summed E-state index contributed by atoms with van der Waals surface area (Å²) in [4.78, 5) is 11.1. The van der Waals surface area contributed by atoms with Gasteiger partial charge in [-0.1, -0.05) is 0 Å². The summed E-state index contributed by atoms with van der Waals surface area (Å²) in [7, 11) is 1.66. The van der Waals surface area contributed by atoms with Crippen LogP contribution in [0, 0.1) is 0 Å². The highest BCUT2D eigenvalue weighted by Crippen LogP contribution is 2.06. The third kappa shape index (κ3) is 5.44. The number of methoxy groups -OCH3 is 1. The fourth-order valence-electron chi connectivity index (χ4n) is 1.20. The van der Waals surface area contributed by atoms with Crippen LogP contribution in [0.2, 0.25) is 0 Å². The van der Waals surface area contributed by atoms with Gasteiger partial charge in [-0.05, 0) is 25.5 Å². The molecular formula is C11H18N4O3. The van der Waals surface area contributed by atoms with Gasteiger partial charge in [0.2, 0.25) is 0 Å². The van der Waals surface area contributed by atoms with Crippen molar-refractivity contribution in [2.24, 2.45) is 0 Å². The van der Waals surface area contributed by atoms with Gasteiger partial charge < -0.3 is 14.8 Å². The van der Waals surface area contributed by atoms with Crippen molar-refractivity contribution in [3.8, 4) is 0 Å². The number of hydrogen-bond acceptors (Lipinski definition) is 6. The lowest BCUT2D eigenvalue weighted by Crippen LogP contribution is -2.15. The fraction of sp³-hybridized carbons (Fsp3) is 0.545. The molecule has 0 unspecified atom stereocenters. The number of carbonyl (C=O) groups is 1. The van der Waals surface area contributed by atoms with Crippen LogP contribution in [0.1, 0.15) is 13.3 Å². The first kappa shape index (κ1) is 14.2. The lowest BCUT2D eigenvalue weighted by atomic mass is 10.4. The number of carbonyl (C=O) groups excluding carboxylic acids is 1. The Morgan fingerprint density at radius 2 is 2.06 bits per heavy atom. The third-order valence-electron chi connectivity index (χ3n) is 2.00. The Labute approximate surface area is 106 Å². The van der Waals surface area contributed by atoms with Crippen molar-refractivity contribution in [1.29, 1.82) is 0 Å². The Hall–Kier alpha value is -1.89. The summed E-state index contributed by atoms with van der Waals surface area (Å²) in [5.74, 6) is 1.01. The second-order valence-electron chi connectivity index (χ2n) is 3.42. The Balaban J connectivity index is 2.35. The van der Waals surface area contributed by atoms with Gasteiger partial charge in [-0.2, -0.15) is 0 Å². The zero-order valence-corrected chi connectivity index (χ0v) is 10.6. The second kappa shape index (κ2) is 8.24. The molecule has 0 saturated heterocycles. The lowest BCUT2D eigenvalue weighted by molar-refractivity contribution is 0.168. The highest BCUT2D eigenvalue weighted by atomic mass is 16.5. The molecule has 0 aliphatic heterocycles. The van der Waals surface area contributed by atoms with Gasteiger partial charge in [0.25, 0.3) is 0 Å². The van der Waals surface area contributed by atoms with E-state index in [-0.39, 0.29) is 0 Å². The van der Waals surface area contributed by atoms with Crippen LogP contribution in [0.15, 0.2) is 12.1 Å². The van der Waals surface area contributed by atoms with Crippen LogP contribution < -0.4 is 10.6 Å². The van der Waals surface area contributed by atoms with E-state index < -0.39 is 6.09 Å². The van der Waals surface area contributed by atoms with Crippen LogP contribution in [0.25, 0.3) is 0 Å². The Bertz CT molecular complexity index is 356. The maximum absolute atomic E-state index is 11.1. The average molecular weight is 254 g/mol. The first-order valence-corrected chi connectivity index (χ1v) is 5.76. The molecule has 2 N–H and O–H groups in total. The van der Waals surface area contributed by atoms with E-state index in [2.05, 4.69) is 20.8 Å². The van der Waals surface area contributed by atoms with E-state index in [0.29, 0.717) is 24.8 Å². The molecule has 0 aromatic carbocycles. The van der Waals surface area contributed by atoms with Crippen molar-refractivity contribution in [3.05, 3.63) is 12.1 Å². The molecule has 7 heteroatoms. The lowest BCUT2D eigenvalue weighted by Gasteiger charge is -2.06. The summed E-state index contributed by atoms with van der Waals surface area (Å²) < 4.78 is 9.65. The molecule has 1 aromatic rings. The minimum atomic E-state index is -0.535. The minimum absolute atomic E-state index is 0.318. The van der Waals surface area contributed by atoms with Gasteiger partial charge >= 0.3 is 6.09 Å². The van der Waals surface area contributed by atoms with E-state index in [4.69, 9.17) is 9.47 Å². The second-order valence-corrected chi connectivity index (χ2v) is 3.42. The standard InChI is InChI=1S/C11H18N4O3/c1-3-18-11(16)13-10-6-5-9(14-15-10)12-7-4-8-17-2/h5-6H,3-4,7-8H2,1-2H3,(H,12,14)(H,13,15,16). The number of amides is 1. The van der Waals surface area contributed by atoms with Gasteiger partial charge in [0.1, 0.15) is 5.82 Å². The van der Waals surface area contributed by atoms with E-state index in [1.54, 1.807) is 26.2 Å². The first-order chi connectivity index (χ1) is 8.76. The molecule has 7 nitrogen and oxygen atoms in total. The largest absolute Gasteiger partial charge is 0.450 e. The topological polar surface area (TPSA) is 85.4 Å². The number of anilines is 2. The molecule has 0 saturated carbocycles. The number of ether oxygens (including phenoxy) is 2. The van der Waals surface area contributed by atoms with Gasteiger partial charge in [0.05, 0.1) is 6.61 Å². The van der Waals surface area contributed by atoms with Gasteiger partial charge in [0, 0.05) is 20.3 Å². The first-order valence-electron chi connectivity index (χ1n) is 5.76. The van der Waals surface area contributed by atoms with Crippen molar-refractivity contribution >= 4 is 17.7 Å². The maximum atomic E-state index is 11.1. The molecule has 0 aliphatic carbocycles. The quantitative estimate of drug-likeness (QED) is 0.717. The minimum Gasteiger partial charge on any atom is -0.450 e. The molecule has 1 aromatic heterocycles. The summed E-state index contributed by atoms with van der Waals surface area (Å²) >= 11 is 0. The number of hydrogen-bond donors (Lipinski definition) is 2. The van der Waals surface area contributed by atoms with Crippen molar-refractivity contribution in [1.82, 2.24) is 10.2 Å². The van der Waals surface area contributed by atoms with Gasteiger partial charge in [-0.15, -0.1) is 10.2 Å². The zero-order chi connectivity index (χ0) is 13.2. The van der Waals surface area contributed by atoms with E-state index in [9.17, 15) is 4.79 Å². The smallest absolute Gasteiger partial charge is 0.412 e. The van der Waals surface area contributed by atoms with E-state index in [1.165, 1.54) is 0 Å². The molecule has 0 aliphatic rings. The normalized spacial score (nSPS) is 9.89. The highest BCUT2D eigenvalue weighted by molar-refractivity contribution is 5.83. The van der Waals surface area contributed by atoms with E-state index in [0.717, 1.165) is 13.0 Å². The molecule has 0 atom stereocenters. The van der Waals surface area contributed by atoms with Crippen LogP contribution in [0.4, 0.5) is 16.4 Å². The Kier molecular flexibility index (Phi) is 6.49. The van der Waals surface area contributed by atoms with Crippen molar-refractivity contribution in [3.63, 3.8) is 0 Å². The van der Waals surface area contributed by atoms with Crippen LogP contribution >= 0.6 is 0 Å². The summed E-state index contributed by atoms with van der Waals surface area (Å²) in [5, 5.41) is 13.3. The molecule has 0 spiro atoms. The Morgan fingerprint density at radius 1 is 1.33 bits per heavy atom. The predicted octanol–water partition coefficient (Wildman–Crippen LogP) is 1.49. The average Bonchev–Trinajstić information content (AvgIpc) is 2.37. The SMILES string of the molecule is CCOC(=O)Nc1ccc(NCCCOC)nn1. The molecule has 0 bridgehead atoms. The molecule has 1 rings (SSSR count). The summed E-state index contributed by atoms with van der Waals surface area (Å²) in [6.07, 6.45) is 0.355. The summed E-state index contributed by atoms with van der Waals surface area (Å²) in [6, 6.07) is 3.39. The summed E-state index contributed by atoms with van der Waals surface area (Å²) in [5.41, 5.74) is 0. The van der Waals surface area contributed by atoms with Crippen molar-refractivity contribution < 1.29 is 14.3 Å². The third-order valence-corrected chi connectivity index (χ3v) is 2.00. The molecule has 18 heavy (non-hydrogen) atoms. The highest BCUT2D eigenvalue weighted by Gasteiger charge is 2.03. The fourth-order valence-corrected chi connectivity index (χ4v) is 1.20.